The molecule has 4 heteroatoms. The quantitative estimate of drug-likeness (QED) is 0.705. The Morgan fingerprint density at radius 1 is 1.42 bits per heavy atom. The standard InChI is InChI=1S/C8H11NO2S/c1-2-9-7-3-5-8(6-4-7)12(10)11/h3-6,9H,2H2,1H3,(H,10,11). The van der Waals surface area contributed by atoms with Gasteiger partial charge in [-0.3, -0.25) is 0 Å². The predicted molar refractivity (Wildman–Crippen MR) is 49.6 cm³/mol. The van der Waals surface area contributed by atoms with E-state index >= 15 is 0 Å². The molecular formula is C8H11NO2S. The topological polar surface area (TPSA) is 49.3 Å². The number of hydrogen-bond donors (Lipinski definition) is 2. The molecule has 0 saturated carbocycles. The normalized spacial score (nSPS) is 12.5. The summed E-state index contributed by atoms with van der Waals surface area (Å²) in [5.74, 6) is 0. The first kappa shape index (κ1) is 9.22. The minimum atomic E-state index is -1.87. The molecule has 0 saturated heterocycles. The van der Waals surface area contributed by atoms with Crippen molar-refractivity contribution in [2.24, 2.45) is 0 Å². The van der Waals surface area contributed by atoms with Gasteiger partial charge in [-0.15, -0.1) is 0 Å². The predicted octanol–water partition coefficient (Wildman–Crippen LogP) is 1.70. The summed E-state index contributed by atoms with van der Waals surface area (Å²) in [5, 5.41) is 3.09. The molecule has 1 rings (SSSR count). The van der Waals surface area contributed by atoms with Crippen LogP contribution in [0, 0.1) is 0 Å². The number of benzene rings is 1. The van der Waals surface area contributed by atoms with E-state index in [2.05, 4.69) is 5.32 Å². The average Bonchev–Trinajstić information content (AvgIpc) is 2.06. The van der Waals surface area contributed by atoms with E-state index in [1.807, 2.05) is 6.92 Å². The number of nitrogens with one attached hydrogen (secondary N) is 1. The highest BCUT2D eigenvalue weighted by atomic mass is 32.2. The van der Waals surface area contributed by atoms with Gasteiger partial charge in [0.15, 0.2) is 11.1 Å². The molecule has 1 aromatic carbocycles. The van der Waals surface area contributed by atoms with Crippen LogP contribution in [0.3, 0.4) is 0 Å². The van der Waals surface area contributed by atoms with Gasteiger partial charge < -0.3 is 9.87 Å². The van der Waals surface area contributed by atoms with Gasteiger partial charge in [0.25, 0.3) is 0 Å². The van der Waals surface area contributed by atoms with Crippen molar-refractivity contribution in [3.63, 3.8) is 0 Å². The van der Waals surface area contributed by atoms with E-state index in [0.29, 0.717) is 4.90 Å². The Morgan fingerprint density at radius 3 is 2.42 bits per heavy atom. The van der Waals surface area contributed by atoms with Crippen molar-refractivity contribution in [2.45, 2.75) is 11.8 Å². The zero-order chi connectivity index (χ0) is 8.97. The Bertz CT molecular complexity index is 271. The minimum Gasteiger partial charge on any atom is -0.385 e. The first-order valence-electron chi connectivity index (χ1n) is 3.69. The maximum atomic E-state index is 10.6. The molecule has 2 N–H and O–H groups in total. The van der Waals surface area contributed by atoms with E-state index in [9.17, 15) is 4.21 Å². The Hall–Kier alpha value is -0.870. The summed E-state index contributed by atoms with van der Waals surface area (Å²) in [5.41, 5.74) is 0.965. The van der Waals surface area contributed by atoms with Crippen molar-refractivity contribution in [1.29, 1.82) is 0 Å². The van der Waals surface area contributed by atoms with Crippen LogP contribution in [0.1, 0.15) is 6.92 Å². The molecule has 1 aromatic rings. The first-order chi connectivity index (χ1) is 5.74. The van der Waals surface area contributed by atoms with E-state index in [1.54, 1.807) is 24.3 Å². The highest BCUT2D eigenvalue weighted by Gasteiger charge is 1.97. The molecule has 12 heavy (non-hydrogen) atoms. The summed E-state index contributed by atoms with van der Waals surface area (Å²) in [6.07, 6.45) is 0. The fourth-order valence-corrected chi connectivity index (χ4v) is 1.26. The van der Waals surface area contributed by atoms with Crippen molar-refractivity contribution in [3.05, 3.63) is 24.3 Å². The summed E-state index contributed by atoms with van der Waals surface area (Å²) in [6.45, 7) is 2.85. The van der Waals surface area contributed by atoms with Crippen LogP contribution in [0.15, 0.2) is 29.2 Å². The van der Waals surface area contributed by atoms with Crippen LogP contribution in [-0.2, 0) is 11.1 Å². The Morgan fingerprint density at radius 2 is 2.00 bits per heavy atom. The van der Waals surface area contributed by atoms with Crippen LogP contribution < -0.4 is 5.32 Å². The smallest absolute Gasteiger partial charge is 0.186 e. The molecule has 0 fully saturated rings. The maximum absolute atomic E-state index is 10.6. The van der Waals surface area contributed by atoms with Gasteiger partial charge in [-0.25, -0.2) is 4.21 Å². The first-order valence-corrected chi connectivity index (χ1v) is 4.79. The maximum Gasteiger partial charge on any atom is 0.186 e. The van der Waals surface area contributed by atoms with E-state index in [-0.39, 0.29) is 0 Å². The van der Waals surface area contributed by atoms with E-state index < -0.39 is 11.1 Å². The zero-order valence-electron chi connectivity index (χ0n) is 6.78. The highest BCUT2D eigenvalue weighted by molar-refractivity contribution is 7.79. The van der Waals surface area contributed by atoms with Crippen molar-refractivity contribution >= 4 is 16.8 Å². The lowest BCUT2D eigenvalue weighted by molar-refractivity contribution is 0.564. The molecule has 0 aliphatic heterocycles. The third-order valence-electron chi connectivity index (χ3n) is 1.44. The number of rotatable bonds is 3. The van der Waals surface area contributed by atoms with Gasteiger partial charge >= 0.3 is 0 Å². The van der Waals surface area contributed by atoms with Crippen LogP contribution in [-0.4, -0.2) is 15.3 Å². The molecular weight excluding hydrogens is 174 g/mol. The third kappa shape index (κ3) is 2.32. The SMILES string of the molecule is CCNc1ccc(S(=O)O)cc1. The van der Waals surface area contributed by atoms with E-state index in [4.69, 9.17) is 4.55 Å². The van der Waals surface area contributed by atoms with Crippen LogP contribution in [0.4, 0.5) is 5.69 Å². The Labute approximate surface area is 74.1 Å². The summed E-state index contributed by atoms with van der Waals surface area (Å²) >= 11 is -1.87. The average molecular weight is 185 g/mol. The van der Waals surface area contributed by atoms with Gasteiger partial charge in [0, 0.05) is 12.2 Å². The van der Waals surface area contributed by atoms with Crippen molar-refractivity contribution in [1.82, 2.24) is 0 Å². The second-order valence-electron chi connectivity index (χ2n) is 2.30. The molecule has 1 atom stereocenters. The van der Waals surface area contributed by atoms with Crippen LogP contribution in [0.5, 0.6) is 0 Å². The van der Waals surface area contributed by atoms with Gasteiger partial charge in [0.2, 0.25) is 0 Å². The molecule has 0 aromatic heterocycles. The molecule has 0 aliphatic carbocycles. The molecule has 3 nitrogen and oxygen atoms in total. The summed E-state index contributed by atoms with van der Waals surface area (Å²) in [6, 6.07) is 6.84. The zero-order valence-corrected chi connectivity index (χ0v) is 7.60. The monoisotopic (exact) mass is 185 g/mol. The van der Waals surface area contributed by atoms with Crippen molar-refractivity contribution < 1.29 is 8.76 Å². The molecule has 0 amide bonds. The fourth-order valence-electron chi connectivity index (χ4n) is 0.893. The summed E-state index contributed by atoms with van der Waals surface area (Å²) in [7, 11) is 0. The van der Waals surface area contributed by atoms with Gasteiger partial charge in [-0.05, 0) is 31.2 Å². The minimum absolute atomic E-state index is 0.427. The summed E-state index contributed by atoms with van der Waals surface area (Å²) in [4.78, 5) is 0.427. The molecule has 0 heterocycles. The lowest BCUT2D eigenvalue weighted by Gasteiger charge is -2.02. The Kier molecular flexibility index (Phi) is 3.25. The van der Waals surface area contributed by atoms with Crippen molar-refractivity contribution in [2.75, 3.05) is 11.9 Å². The second-order valence-corrected chi connectivity index (χ2v) is 3.27. The van der Waals surface area contributed by atoms with Gasteiger partial charge in [0.05, 0.1) is 4.90 Å². The highest BCUT2D eigenvalue weighted by Crippen LogP contribution is 2.10. The van der Waals surface area contributed by atoms with Gasteiger partial charge in [-0.1, -0.05) is 0 Å². The van der Waals surface area contributed by atoms with E-state index in [0.717, 1.165) is 12.2 Å². The van der Waals surface area contributed by atoms with Crippen LogP contribution in [0.2, 0.25) is 0 Å². The van der Waals surface area contributed by atoms with Gasteiger partial charge in [-0.2, -0.15) is 0 Å². The Balaban J connectivity index is 2.78. The molecule has 0 radical (unpaired) electrons. The second kappa shape index (κ2) is 4.23. The lowest BCUT2D eigenvalue weighted by atomic mass is 10.3. The largest absolute Gasteiger partial charge is 0.385 e. The fraction of sp³-hybridized carbons (Fsp3) is 0.250. The molecule has 0 bridgehead atoms. The number of hydrogen-bond acceptors (Lipinski definition) is 2. The van der Waals surface area contributed by atoms with Crippen molar-refractivity contribution in [3.8, 4) is 0 Å². The summed E-state index contributed by atoms with van der Waals surface area (Å²) < 4.78 is 19.3. The molecule has 1 unspecified atom stereocenters. The molecule has 0 aliphatic rings. The molecule has 0 spiro atoms. The van der Waals surface area contributed by atoms with Crippen LogP contribution >= 0.6 is 0 Å². The third-order valence-corrected chi connectivity index (χ3v) is 2.11. The van der Waals surface area contributed by atoms with E-state index in [1.165, 1.54) is 0 Å². The van der Waals surface area contributed by atoms with Crippen LogP contribution in [0.25, 0.3) is 0 Å². The number of anilines is 1. The lowest BCUT2D eigenvalue weighted by Crippen LogP contribution is -1.96. The molecule has 66 valence electrons. The van der Waals surface area contributed by atoms with Gasteiger partial charge in [0.1, 0.15) is 0 Å².